The zero-order chi connectivity index (χ0) is 17.2. The fraction of sp³-hybridized carbons (Fsp3) is 0.304. The summed E-state index contributed by atoms with van der Waals surface area (Å²) in [7, 11) is 0. The van der Waals surface area contributed by atoms with Crippen molar-refractivity contribution in [2.24, 2.45) is 0 Å². The molecule has 0 radical (unpaired) electrons. The van der Waals surface area contributed by atoms with E-state index in [0.29, 0.717) is 0 Å². The molecule has 0 amide bonds. The average molecular weight is 318 g/mol. The number of ether oxygens (including phenoxy) is 1. The van der Waals surface area contributed by atoms with E-state index in [0.717, 1.165) is 49.2 Å². The maximum absolute atomic E-state index is 5.58. The molecule has 1 heteroatoms. The van der Waals surface area contributed by atoms with Crippen LogP contribution in [-0.2, 0) is 6.42 Å². The molecule has 0 aromatic heterocycles. The Hall–Kier alpha value is -2.46. The van der Waals surface area contributed by atoms with Gasteiger partial charge in [0, 0.05) is 11.1 Å². The van der Waals surface area contributed by atoms with Crippen LogP contribution in [0, 0.1) is 11.8 Å². The second kappa shape index (κ2) is 9.63. The molecule has 0 bridgehead atoms. The lowest BCUT2D eigenvalue weighted by Gasteiger charge is -2.03. The smallest absolute Gasteiger partial charge is 0.119 e. The standard InChI is InChI=1S/C23H26O/c1-4-18-24-23-16-14-22(15-17-23)13-12-21-10-8-20(9-11-21)7-5-6-19(2)3/h8-11,14-17H,2,4-7,18H2,1,3H3. The van der Waals surface area contributed by atoms with Crippen LogP contribution in [0.4, 0.5) is 0 Å². The first-order chi connectivity index (χ1) is 11.7. The molecule has 0 fully saturated rings. The third-order valence-corrected chi connectivity index (χ3v) is 3.70. The second-order valence-electron chi connectivity index (χ2n) is 6.13. The van der Waals surface area contributed by atoms with E-state index in [-0.39, 0.29) is 0 Å². The molecule has 2 rings (SSSR count). The Morgan fingerprint density at radius 3 is 2.08 bits per heavy atom. The fourth-order valence-corrected chi connectivity index (χ4v) is 2.35. The van der Waals surface area contributed by atoms with Gasteiger partial charge in [0.05, 0.1) is 6.61 Å². The summed E-state index contributed by atoms with van der Waals surface area (Å²) < 4.78 is 5.58. The Balaban J connectivity index is 1.91. The van der Waals surface area contributed by atoms with Gasteiger partial charge in [0.15, 0.2) is 0 Å². The van der Waals surface area contributed by atoms with Crippen molar-refractivity contribution in [3.63, 3.8) is 0 Å². The molecule has 0 heterocycles. The monoisotopic (exact) mass is 318 g/mol. The molecule has 2 aromatic carbocycles. The van der Waals surface area contributed by atoms with Gasteiger partial charge < -0.3 is 4.74 Å². The van der Waals surface area contributed by atoms with Crippen molar-refractivity contribution in [3.8, 4) is 17.6 Å². The molecule has 0 saturated carbocycles. The molecule has 2 aromatic rings. The highest BCUT2D eigenvalue weighted by atomic mass is 16.5. The van der Waals surface area contributed by atoms with E-state index in [2.05, 4.69) is 56.5 Å². The van der Waals surface area contributed by atoms with Crippen LogP contribution in [0.5, 0.6) is 5.75 Å². The Labute approximate surface area is 146 Å². The summed E-state index contributed by atoms with van der Waals surface area (Å²) in [5.41, 5.74) is 4.66. The molecule has 0 aliphatic carbocycles. The largest absolute Gasteiger partial charge is 0.494 e. The van der Waals surface area contributed by atoms with Crippen LogP contribution >= 0.6 is 0 Å². The maximum atomic E-state index is 5.58. The zero-order valence-corrected chi connectivity index (χ0v) is 14.8. The molecule has 24 heavy (non-hydrogen) atoms. The predicted octanol–water partition coefficient (Wildman–Crippen LogP) is 5.77. The topological polar surface area (TPSA) is 9.23 Å². The van der Waals surface area contributed by atoms with Crippen molar-refractivity contribution in [3.05, 3.63) is 77.4 Å². The van der Waals surface area contributed by atoms with Gasteiger partial charge in [-0.3, -0.25) is 0 Å². The third kappa shape index (κ3) is 6.34. The van der Waals surface area contributed by atoms with Gasteiger partial charge in [-0.05, 0) is 74.6 Å². The van der Waals surface area contributed by atoms with E-state index < -0.39 is 0 Å². The average Bonchev–Trinajstić information content (AvgIpc) is 2.60. The molecule has 0 aliphatic rings. The second-order valence-corrected chi connectivity index (χ2v) is 6.13. The van der Waals surface area contributed by atoms with Crippen molar-refractivity contribution >= 4 is 0 Å². The van der Waals surface area contributed by atoms with Crippen LogP contribution in [0.3, 0.4) is 0 Å². The molecule has 0 saturated heterocycles. The van der Waals surface area contributed by atoms with Gasteiger partial charge in [0.2, 0.25) is 0 Å². The fourth-order valence-electron chi connectivity index (χ4n) is 2.35. The first-order valence-electron chi connectivity index (χ1n) is 8.65. The van der Waals surface area contributed by atoms with Crippen molar-refractivity contribution in [2.75, 3.05) is 6.61 Å². The van der Waals surface area contributed by atoms with Gasteiger partial charge in [0.1, 0.15) is 5.75 Å². The highest BCUT2D eigenvalue weighted by Gasteiger charge is 1.95. The molecular weight excluding hydrogens is 292 g/mol. The van der Waals surface area contributed by atoms with Crippen molar-refractivity contribution in [2.45, 2.75) is 39.5 Å². The SMILES string of the molecule is C=C(C)CCCc1ccc(C#Cc2ccc(OCCC)cc2)cc1. The minimum Gasteiger partial charge on any atom is -0.494 e. The summed E-state index contributed by atoms with van der Waals surface area (Å²) >= 11 is 0. The van der Waals surface area contributed by atoms with E-state index in [1.165, 1.54) is 11.1 Å². The lowest BCUT2D eigenvalue weighted by Crippen LogP contribution is -1.94. The van der Waals surface area contributed by atoms with Crippen molar-refractivity contribution in [1.82, 2.24) is 0 Å². The molecule has 124 valence electrons. The van der Waals surface area contributed by atoms with Crippen LogP contribution in [0.25, 0.3) is 0 Å². The first kappa shape index (κ1) is 17.9. The van der Waals surface area contributed by atoms with Crippen LogP contribution < -0.4 is 4.74 Å². The minimum atomic E-state index is 0.754. The van der Waals surface area contributed by atoms with E-state index in [4.69, 9.17) is 4.74 Å². The molecule has 0 N–H and O–H groups in total. The van der Waals surface area contributed by atoms with Crippen LogP contribution in [-0.4, -0.2) is 6.61 Å². The normalized spacial score (nSPS) is 9.92. The number of rotatable bonds is 7. The van der Waals surface area contributed by atoms with E-state index in [9.17, 15) is 0 Å². The van der Waals surface area contributed by atoms with Gasteiger partial charge in [0.25, 0.3) is 0 Å². The van der Waals surface area contributed by atoms with Crippen LogP contribution in [0.1, 0.15) is 49.8 Å². The van der Waals surface area contributed by atoms with Gasteiger partial charge in [-0.15, -0.1) is 6.58 Å². The Kier molecular flexibility index (Phi) is 7.18. The highest BCUT2D eigenvalue weighted by Crippen LogP contribution is 2.13. The Bertz CT molecular complexity index is 696. The third-order valence-electron chi connectivity index (χ3n) is 3.70. The summed E-state index contributed by atoms with van der Waals surface area (Å²) in [5.74, 6) is 7.33. The Morgan fingerprint density at radius 2 is 1.54 bits per heavy atom. The first-order valence-corrected chi connectivity index (χ1v) is 8.65. The minimum absolute atomic E-state index is 0.754. The lowest BCUT2D eigenvalue weighted by atomic mass is 10.0. The summed E-state index contributed by atoms with van der Waals surface area (Å²) in [6, 6.07) is 16.5. The quantitative estimate of drug-likeness (QED) is 0.465. The van der Waals surface area contributed by atoms with Gasteiger partial charge in [-0.1, -0.05) is 36.5 Å². The van der Waals surface area contributed by atoms with Crippen molar-refractivity contribution in [1.29, 1.82) is 0 Å². The van der Waals surface area contributed by atoms with Gasteiger partial charge in [-0.2, -0.15) is 0 Å². The summed E-state index contributed by atoms with van der Waals surface area (Å²) in [5, 5.41) is 0. The Morgan fingerprint density at radius 1 is 0.958 bits per heavy atom. The number of hydrogen-bond donors (Lipinski definition) is 0. The van der Waals surface area contributed by atoms with E-state index in [1.807, 2.05) is 24.3 Å². The highest BCUT2D eigenvalue weighted by molar-refractivity contribution is 5.44. The number of benzene rings is 2. The predicted molar refractivity (Wildman–Crippen MR) is 102 cm³/mol. The molecule has 0 atom stereocenters. The number of hydrogen-bond acceptors (Lipinski definition) is 1. The molecule has 0 spiro atoms. The van der Waals surface area contributed by atoms with E-state index in [1.54, 1.807) is 0 Å². The number of allylic oxidation sites excluding steroid dienone is 1. The summed E-state index contributed by atoms with van der Waals surface area (Å²) in [4.78, 5) is 0. The molecule has 0 unspecified atom stereocenters. The summed E-state index contributed by atoms with van der Waals surface area (Å²) in [6.45, 7) is 8.89. The van der Waals surface area contributed by atoms with Crippen LogP contribution in [0.2, 0.25) is 0 Å². The molecule has 0 aliphatic heterocycles. The van der Waals surface area contributed by atoms with Crippen molar-refractivity contribution < 1.29 is 4.74 Å². The summed E-state index contributed by atoms with van der Waals surface area (Å²) in [6.07, 6.45) is 4.37. The lowest BCUT2D eigenvalue weighted by molar-refractivity contribution is 0.317. The van der Waals surface area contributed by atoms with Gasteiger partial charge >= 0.3 is 0 Å². The van der Waals surface area contributed by atoms with Crippen LogP contribution in [0.15, 0.2) is 60.7 Å². The molecular formula is C23H26O. The van der Waals surface area contributed by atoms with E-state index >= 15 is 0 Å². The van der Waals surface area contributed by atoms with Gasteiger partial charge in [-0.25, -0.2) is 0 Å². The molecule has 1 nitrogen and oxygen atoms in total. The zero-order valence-electron chi connectivity index (χ0n) is 14.8. The maximum Gasteiger partial charge on any atom is 0.119 e. The number of aryl methyl sites for hydroxylation is 1.